The fourth-order valence-electron chi connectivity index (χ4n) is 12.0. The number of unbranched alkanes of at least 4 members (excludes halogenated alkanes) is 2. The molecule has 0 atom stereocenters. The van der Waals surface area contributed by atoms with Crippen LogP contribution >= 0.6 is 0 Å². The Morgan fingerprint density at radius 3 is 0.820 bits per heavy atom. The second kappa shape index (κ2) is 67.7. The molecule has 2 aromatic heterocycles. The molecule has 2 aliphatic rings. The van der Waals surface area contributed by atoms with E-state index in [-0.39, 0.29) is 70.4 Å². The number of aryl methyl sites for hydroxylation is 2. The molecule has 3 N–H and O–H groups in total. The van der Waals surface area contributed by atoms with Gasteiger partial charge in [0.05, 0.1) is 261 Å². The molecule has 806 valence electrons. The Morgan fingerprint density at radius 2 is 0.583 bits per heavy atom. The number of aromatic nitrogens is 4. The number of nitrogens with one attached hydrogen (secondary N) is 3. The fourth-order valence-corrected chi connectivity index (χ4v) is 16.1. The standard InChI is InChI=1S/C12H24N2O4S.2C12H23NO5S.2C11H20N2O4S.C11H21NO5S.2C8H12N2O3S/c1-11(2)12(15)13-7-5-8-14(3,4)9-6-10-19(16,17)18;2*1-11(2)12(14)18-9-8-13(3,4)7-5-6-10-19(15,16)17;2*1-10(2)11(14)13-7-5-12(6-8-13)4-3-9-18(15,16)17;1-10(2)11(13)17-8-7-12(3,4)6-5-9-18(14,15)16;2*1-2-9-5-6-10(8-9)4-3-7-14(11,12)13/h1,5-10H2,2-4H3,(H-,13,15,16,17,18);2*1,5-10H2,2-4H3;2*1,3-9H2,2H3,(H,15,16,17);1,5-9H2,2-4H3;2*2,5-6,8H,1,3-4,7H2. The van der Waals surface area contributed by atoms with Gasteiger partial charge in [0.1, 0.15) is 64.2 Å². The monoisotopic (exact) mass is 2140 g/mol. The van der Waals surface area contributed by atoms with Crippen LogP contribution in [-0.4, -0.2) is 423 Å². The van der Waals surface area contributed by atoms with Crippen LogP contribution in [0.4, 0.5) is 0 Å². The lowest BCUT2D eigenvalue weighted by Crippen LogP contribution is -3.14. The molecule has 0 aromatic carbocycles. The first-order valence-corrected chi connectivity index (χ1v) is 57.0. The predicted octanol–water partition coefficient (Wildman–Crippen LogP) is -2.71. The molecule has 2 aliphatic heterocycles. The lowest BCUT2D eigenvalue weighted by Gasteiger charge is -2.32. The van der Waals surface area contributed by atoms with Crippen molar-refractivity contribution in [3.05, 3.63) is 124 Å². The van der Waals surface area contributed by atoms with E-state index in [9.17, 15) is 133 Å². The van der Waals surface area contributed by atoms with Crippen LogP contribution in [0.25, 0.3) is 12.4 Å². The topological polar surface area (TPSA) is 633 Å². The van der Waals surface area contributed by atoms with Crippen LogP contribution in [0.2, 0.25) is 0 Å². The number of likely N-dealkylation sites (N-methyl/N-ethyl adjacent to an activating group) is 3. The summed E-state index contributed by atoms with van der Waals surface area (Å²) < 4.78 is 274. The first kappa shape index (κ1) is 137. The third-order valence-electron chi connectivity index (χ3n) is 20.1. The van der Waals surface area contributed by atoms with Crippen LogP contribution in [0.1, 0.15) is 112 Å². The molecule has 54 heteroatoms. The van der Waals surface area contributed by atoms with Gasteiger partial charge >= 0.3 is 17.9 Å². The zero-order valence-electron chi connectivity index (χ0n) is 83.4. The summed E-state index contributed by atoms with van der Waals surface area (Å²) in [7, 11) is -17.3. The quantitative estimate of drug-likeness (QED) is 0.0115. The highest BCUT2D eigenvalue weighted by atomic mass is 32.2. The molecule has 0 bridgehead atoms. The summed E-state index contributed by atoms with van der Waals surface area (Å²) >= 11 is 0. The normalized spacial score (nSPS) is 13.5. The smallest absolute Gasteiger partial charge is 0.333 e. The molecule has 0 radical (unpaired) electrons. The van der Waals surface area contributed by atoms with E-state index in [1.807, 2.05) is 56.4 Å². The Bertz CT molecular complexity index is 4960. The molecule has 3 amide bonds. The van der Waals surface area contributed by atoms with E-state index in [1.54, 1.807) is 119 Å². The van der Waals surface area contributed by atoms with Crippen LogP contribution in [0.15, 0.2) is 124 Å². The van der Waals surface area contributed by atoms with Gasteiger partial charge < -0.3 is 93.5 Å². The number of carbonyl (C=O) groups excluding carboxylic acids is 6. The minimum atomic E-state index is -4.15. The molecule has 4 rings (SSSR count). The maximum absolute atomic E-state index is 11.6. The number of nitrogens with zero attached hydrogens (tertiary/aromatic N) is 10. The van der Waals surface area contributed by atoms with Gasteiger partial charge in [0.15, 0.2) is 0 Å². The van der Waals surface area contributed by atoms with E-state index < -0.39 is 98.9 Å². The first-order chi connectivity index (χ1) is 63.2. The third kappa shape index (κ3) is 86.6. The maximum atomic E-state index is 11.6. The average molecular weight is 2140 g/mol. The van der Waals surface area contributed by atoms with Crippen molar-refractivity contribution in [3.63, 3.8) is 0 Å². The van der Waals surface area contributed by atoms with Gasteiger partial charge in [0.25, 0.3) is 0 Å². The van der Waals surface area contributed by atoms with Crippen LogP contribution in [0.5, 0.6) is 0 Å². The Hall–Kier alpha value is -7.80. The molecule has 2 fully saturated rings. The largest absolute Gasteiger partial charge is 0.748 e. The minimum Gasteiger partial charge on any atom is -0.748 e. The number of hydrogen-bond acceptors (Lipinski definition) is 33. The van der Waals surface area contributed by atoms with Gasteiger partial charge in [-0.3, -0.25) is 14.4 Å². The highest BCUT2D eigenvalue weighted by molar-refractivity contribution is 7.87. The van der Waals surface area contributed by atoms with Crippen molar-refractivity contribution >= 4 is 129 Å². The Kier molecular flexibility index (Phi) is 66.9. The molecular weight excluding hydrogens is 1990 g/mol. The number of quaternary nitrogens is 6. The van der Waals surface area contributed by atoms with E-state index in [0.29, 0.717) is 220 Å². The summed E-state index contributed by atoms with van der Waals surface area (Å²) in [6, 6.07) is 0. The molecule has 0 saturated carbocycles. The van der Waals surface area contributed by atoms with Crippen molar-refractivity contribution in [1.82, 2.24) is 24.3 Å². The highest BCUT2D eigenvalue weighted by Crippen LogP contribution is 2.10. The lowest BCUT2D eigenvalue weighted by atomic mass is 10.2. The predicted molar refractivity (Wildman–Crippen MR) is 516 cm³/mol. The number of esters is 3. The number of amides is 3. The highest BCUT2D eigenvalue weighted by Gasteiger charge is 2.27. The molecule has 2 aromatic rings. The van der Waals surface area contributed by atoms with E-state index in [0.717, 1.165) is 52.2 Å². The zero-order chi connectivity index (χ0) is 108. The van der Waals surface area contributed by atoms with E-state index in [1.165, 1.54) is 9.80 Å². The number of piperazine rings is 2. The SMILES string of the molecule is C=C(C)C(=O)N1CC[NH+](CCCS(=O)(=O)[O-])CC1.C=C(C)C(=O)N1CC[NH+](CCCS(=O)(=O)[O-])CC1.C=C(C)C(=O)NCCC[N+](C)(C)CCCS(=O)(=O)[O-].C=C(C)C(=O)OCC[N+](C)(C)CCCCS(=O)(=O)[O-].C=C(C)C(=O)OCC[N+](C)(C)CCCCS(=O)(=O)[O-].C=C(C)C(=O)OCC[N+](C)(C)CCCS(=O)(=O)[O-].C=Cn1cc[n+](CCCS(=O)(=O)[O-])c1.C=Cn1cc[n+](CCCS(=O)(=O)[O-])c1. The number of hydrogen-bond donors (Lipinski definition) is 3. The molecule has 46 nitrogen and oxygen atoms in total. The molecule has 0 spiro atoms. The Labute approximate surface area is 826 Å². The van der Waals surface area contributed by atoms with Gasteiger partial charge in [-0.1, -0.05) is 52.6 Å². The zero-order valence-corrected chi connectivity index (χ0v) is 89.9. The van der Waals surface area contributed by atoms with Crippen LogP contribution < -0.4 is 24.3 Å². The lowest BCUT2D eigenvalue weighted by molar-refractivity contribution is -0.904. The van der Waals surface area contributed by atoms with E-state index in [4.69, 9.17) is 14.2 Å². The van der Waals surface area contributed by atoms with Crippen molar-refractivity contribution in [2.24, 2.45) is 0 Å². The minimum absolute atomic E-state index is 0.0174. The van der Waals surface area contributed by atoms with Gasteiger partial charge in [-0.05, 0) is 80.1 Å². The summed E-state index contributed by atoms with van der Waals surface area (Å²) in [5.74, 6) is -3.99. The summed E-state index contributed by atoms with van der Waals surface area (Å²) in [6.07, 6.45) is 18.8. The summed E-state index contributed by atoms with van der Waals surface area (Å²) in [5, 5.41) is 2.74. The molecule has 4 heterocycles. The summed E-state index contributed by atoms with van der Waals surface area (Å²) in [6.45, 7) is 52.9. The Morgan fingerprint density at radius 1 is 0.345 bits per heavy atom. The van der Waals surface area contributed by atoms with Crippen molar-refractivity contribution < 1.29 is 184 Å². The number of ether oxygens (including phenoxy) is 3. The van der Waals surface area contributed by atoms with Crippen molar-refractivity contribution in [2.75, 3.05) is 247 Å². The van der Waals surface area contributed by atoms with E-state index in [2.05, 4.69) is 57.9 Å². The second-order valence-corrected chi connectivity index (χ2v) is 48.2. The average Bonchev–Trinajstić information content (AvgIpc) is 1.53. The van der Waals surface area contributed by atoms with Crippen LogP contribution in [0.3, 0.4) is 0 Å². The van der Waals surface area contributed by atoms with Crippen LogP contribution in [-0.2, 0) is 137 Å². The van der Waals surface area contributed by atoms with Crippen molar-refractivity contribution in [2.45, 2.75) is 125 Å². The van der Waals surface area contributed by atoms with Crippen LogP contribution in [0, 0.1) is 0 Å². The van der Waals surface area contributed by atoms with Crippen molar-refractivity contribution in [3.8, 4) is 0 Å². The summed E-state index contributed by atoms with van der Waals surface area (Å²) in [4.78, 5) is 74.0. The van der Waals surface area contributed by atoms with Gasteiger partial charge in [-0.15, -0.1) is 0 Å². The number of rotatable bonds is 55. The molecule has 139 heavy (non-hydrogen) atoms. The molecule has 2 saturated heterocycles. The van der Waals surface area contributed by atoms with Gasteiger partial charge in [0.2, 0.25) is 30.4 Å². The molecule has 0 unspecified atom stereocenters. The number of imidazole rings is 2. The maximum Gasteiger partial charge on any atom is 0.333 e. The van der Waals surface area contributed by atoms with Gasteiger partial charge in [-0.2, -0.15) is 0 Å². The Balaban J connectivity index is -0.000000751. The second-order valence-electron chi connectivity index (χ2n) is 36.0. The number of carbonyl (C=O) groups is 6. The van der Waals surface area contributed by atoms with Crippen molar-refractivity contribution in [1.29, 1.82) is 0 Å². The fraction of sp³-hybridized carbons (Fsp3) is 0.671. The first-order valence-electron chi connectivity index (χ1n) is 44.4. The third-order valence-corrected chi connectivity index (χ3v) is 26.5. The molecular formula is C85H155N13O33S8. The van der Waals surface area contributed by atoms with Gasteiger partial charge in [0, 0.05) is 118 Å². The summed E-state index contributed by atoms with van der Waals surface area (Å²) in [5.41, 5.74) is 2.64. The van der Waals surface area contributed by atoms with E-state index >= 15 is 0 Å². The van der Waals surface area contributed by atoms with Gasteiger partial charge in [-0.25, -0.2) is 100.0 Å². The molecule has 0 aliphatic carbocycles.